The molecule has 2 amide bonds. The molecule has 0 heterocycles. The third-order valence-electron chi connectivity index (χ3n) is 4.00. The summed E-state index contributed by atoms with van der Waals surface area (Å²) in [5.74, 6) is 1.13. The van der Waals surface area contributed by atoms with Crippen molar-refractivity contribution in [2.75, 3.05) is 20.0 Å². The summed E-state index contributed by atoms with van der Waals surface area (Å²) in [5, 5.41) is 0. The molecule has 7 heteroatoms. The van der Waals surface area contributed by atoms with Gasteiger partial charge in [-0.15, -0.1) is 0 Å². The van der Waals surface area contributed by atoms with Gasteiger partial charge >= 0.3 is 0 Å². The van der Waals surface area contributed by atoms with Crippen LogP contribution in [-0.2, 0) is 5.75 Å². The maximum Gasteiger partial charge on any atom is 0.269 e. The van der Waals surface area contributed by atoms with Gasteiger partial charge < -0.3 is 9.47 Å². The first-order valence-electron chi connectivity index (χ1n) is 9.08. The first kappa shape index (κ1) is 21.6. The third kappa shape index (κ3) is 6.20. The normalized spacial score (nSPS) is 10.2. The predicted octanol–water partition coefficient (Wildman–Crippen LogP) is 3.81. The zero-order valence-electron chi connectivity index (χ0n) is 16.4. The Hall–Kier alpha value is -2.67. The van der Waals surface area contributed by atoms with E-state index in [1.807, 2.05) is 18.4 Å². The number of ether oxygens (including phenoxy) is 2. The maximum absolute atomic E-state index is 12.3. The molecule has 0 aromatic heterocycles. The van der Waals surface area contributed by atoms with Gasteiger partial charge in [0.25, 0.3) is 11.8 Å². The van der Waals surface area contributed by atoms with Crippen LogP contribution in [0.25, 0.3) is 0 Å². The topological polar surface area (TPSA) is 76.7 Å². The molecule has 0 unspecified atom stereocenters. The number of hydrazine groups is 1. The summed E-state index contributed by atoms with van der Waals surface area (Å²) in [6, 6.07) is 12.2. The van der Waals surface area contributed by atoms with Crippen molar-refractivity contribution in [1.82, 2.24) is 10.9 Å². The van der Waals surface area contributed by atoms with Crippen LogP contribution in [0.1, 0.15) is 46.0 Å². The average Bonchev–Trinajstić information content (AvgIpc) is 2.72. The lowest BCUT2D eigenvalue weighted by molar-refractivity contribution is 0.0846. The molecule has 0 atom stereocenters. The van der Waals surface area contributed by atoms with E-state index in [4.69, 9.17) is 9.47 Å². The standard InChI is InChI=1S/C21H26N2O4S/c1-4-5-12-27-18-11-10-17(13-19(18)26-2)21(25)23-22-20(24)16-8-6-15(7-9-16)14-28-3/h6-11,13H,4-5,12,14H2,1-3H3,(H,22,24)(H,23,25). The Bertz CT molecular complexity index is 793. The molecule has 0 fully saturated rings. The highest BCUT2D eigenvalue weighted by Gasteiger charge is 2.13. The van der Waals surface area contributed by atoms with Crippen LogP contribution in [0.5, 0.6) is 11.5 Å². The van der Waals surface area contributed by atoms with Crippen LogP contribution in [-0.4, -0.2) is 31.8 Å². The van der Waals surface area contributed by atoms with Gasteiger partial charge in [0.15, 0.2) is 11.5 Å². The van der Waals surface area contributed by atoms with Gasteiger partial charge in [-0.05, 0) is 48.6 Å². The van der Waals surface area contributed by atoms with Gasteiger partial charge in [0.2, 0.25) is 0 Å². The minimum absolute atomic E-state index is 0.357. The molecule has 0 spiro atoms. The predicted molar refractivity (Wildman–Crippen MR) is 112 cm³/mol. The molecule has 2 aromatic carbocycles. The van der Waals surface area contributed by atoms with Gasteiger partial charge in [0, 0.05) is 16.9 Å². The number of carbonyl (C=O) groups excluding carboxylic acids is 2. The quantitative estimate of drug-likeness (QED) is 0.493. The van der Waals surface area contributed by atoms with Crippen molar-refractivity contribution in [3.8, 4) is 11.5 Å². The van der Waals surface area contributed by atoms with E-state index in [2.05, 4.69) is 17.8 Å². The minimum atomic E-state index is -0.439. The second-order valence-electron chi connectivity index (χ2n) is 6.11. The minimum Gasteiger partial charge on any atom is -0.493 e. The fraction of sp³-hybridized carbons (Fsp3) is 0.333. The number of thioether (sulfide) groups is 1. The number of unbranched alkanes of at least 4 members (excludes halogenated alkanes) is 1. The number of methoxy groups -OCH3 is 1. The SMILES string of the molecule is CCCCOc1ccc(C(=O)NNC(=O)c2ccc(CSC)cc2)cc1OC. The number of nitrogens with one attached hydrogen (secondary N) is 2. The smallest absolute Gasteiger partial charge is 0.269 e. The van der Waals surface area contributed by atoms with Gasteiger partial charge in [-0.1, -0.05) is 25.5 Å². The van der Waals surface area contributed by atoms with Gasteiger partial charge in [-0.25, -0.2) is 0 Å². The Morgan fingerprint density at radius 1 is 0.964 bits per heavy atom. The fourth-order valence-corrected chi connectivity index (χ4v) is 2.96. The summed E-state index contributed by atoms with van der Waals surface area (Å²) < 4.78 is 11.0. The Balaban J connectivity index is 1.95. The molecular formula is C21H26N2O4S. The first-order chi connectivity index (χ1) is 13.6. The molecule has 0 bridgehead atoms. The molecule has 2 rings (SSSR count). The molecule has 150 valence electrons. The highest BCUT2D eigenvalue weighted by atomic mass is 32.2. The summed E-state index contributed by atoms with van der Waals surface area (Å²) in [4.78, 5) is 24.5. The Labute approximate surface area is 170 Å². The van der Waals surface area contributed by atoms with Crippen LogP contribution in [0.4, 0.5) is 0 Å². The zero-order chi connectivity index (χ0) is 20.4. The monoisotopic (exact) mass is 402 g/mol. The molecule has 0 aliphatic heterocycles. The number of hydrogen-bond donors (Lipinski definition) is 2. The summed E-state index contributed by atoms with van der Waals surface area (Å²) in [6.07, 6.45) is 3.99. The summed E-state index contributed by atoms with van der Waals surface area (Å²) in [6.45, 7) is 2.67. The Morgan fingerprint density at radius 3 is 2.21 bits per heavy atom. The summed E-state index contributed by atoms with van der Waals surface area (Å²) in [5.41, 5.74) is 6.82. The zero-order valence-corrected chi connectivity index (χ0v) is 17.2. The van der Waals surface area contributed by atoms with Crippen LogP contribution < -0.4 is 20.3 Å². The molecule has 28 heavy (non-hydrogen) atoms. The number of carbonyl (C=O) groups is 2. The number of amides is 2. The van der Waals surface area contributed by atoms with Crippen molar-refractivity contribution in [2.24, 2.45) is 0 Å². The van der Waals surface area contributed by atoms with Crippen LogP contribution in [0.2, 0.25) is 0 Å². The van der Waals surface area contributed by atoms with Gasteiger partial charge in [-0.3, -0.25) is 20.4 Å². The van der Waals surface area contributed by atoms with E-state index in [-0.39, 0.29) is 5.91 Å². The molecule has 0 saturated carbocycles. The Morgan fingerprint density at radius 2 is 1.61 bits per heavy atom. The number of rotatable bonds is 9. The number of benzene rings is 2. The molecule has 6 nitrogen and oxygen atoms in total. The van der Waals surface area contributed by atoms with Crippen molar-refractivity contribution < 1.29 is 19.1 Å². The van der Waals surface area contributed by atoms with Crippen molar-refractivity contribution >= 4 is 23.6 Å². The van der Waals surface area contributed by atoms with Crippen molar-refractivity contribution in [3.05, 3.63) is 59.2 Å². The molecule has 0 radical (unpaired) electrons. The fourth-order valence-electron chi connectivity index (χ4n) is 2.43. The van der Waals surface area contributed by atoms with E-state index >= 15 is 0 Å². The largest absolute Gasteiger partial charge is 0.493 e. The second kappa shape index (κ2) is 11.2. The molecular weight excluding hydrogens is 376 g/mol. The lowest BCUT2D eigenvalue weighted by Gasteiger charge is -2.12. The molecule has 0 aliphatic carbocycles. The van der Waals surface area contributed by atoms with E-state index in [0.29, 0.717) is 29.2 Å². The summed E-state index contributed by atoms with van der Waals surface area (Å²) in [7, 11) is 1.52. The molecule has 0 saturated heterocycles. The van der Waals surface area contributed by atoms with Crippen molar-refractivity contribution in [3.63, 3.8) is 0 Å². The van der Waals surface area contributed by atoms with E-state index in [0.717, 1.165) is 24.2 Å². The van der Waals surface area contributed by atoms with Crippen molar-refractivity contribution in [1.29, 1.82) is 0 Å². The van der Waals surface area contributed by atoms with Gasteiger partial charge in [0.05, 0.1) is 13.7 Å². The highest BCUT2D eigenvalue weighted by Crippen LogP contribution is 2.28. The van der Waals surface area contributed by atoms with Crippen LogP contribution in [0.3, 0.4) is 0 Å². The lowest BCUT2D eigenvalue weighted by atomic mass is 10.1. The van der Waals surface area contributed by atoms with Gasteiger partial charge in [-0.2, -0.15) is 11.8 Å². The van der Waals surface area contributed by atoms with Crippen LogP contribution >= 0.6 is 11.8 Å². The van der Waals surface area contributed by atoms with E-state index in [1.54, 1.807) is 42.1 Å². The third-order valence-corrected chi connectivity index (χ3v) is 4.62. The van der Waals surface area contributed by atoms with Gasteiger partial charge in [0.1, 0.15) is 0 Å². The average molecular weight is 403 g/mol. The molecule has 2 aromatic rings. The van der Waals surface area contributed by atoms with E-state index in [9.17, 15) is 9.59 Å². The molecule has 2 N–H and O–H groups in total. The summed E-state index contributed by atoms with van der Waals surface area (Å²) >= 11 is 1.71. The second-order valence-corrected chi connectivity index (χ2v) is 6.97. The lowest BCUT2D eigenvalue weighted by Crippen LogP contribution is -2.41. The van der Waals surface area contributed by atoms with Crippen LogP contribution in [0.15, 0.2) is 42.5 Å². The van der Waals surface area contributed by atoms with Crippen LogP contribution in [0, 0.1) is 0 Å². The van der Waals surface area contributed by atoms with E-state index in [1.165, 1.54) is 7.11 Å². The molecule has 0 aliphatic rings. The number of hydrogen-bond acceptors (Lipinski definition) is 5. The van der Waals surface area contributed by atoms with Crippen molar-refractivity contribution in [2.45, 2.75) is 25.5 Å². The van der Waals surface area contributed by atoms with E-state index < -0.39 is 5.91 Å². The highest BCUT2D eigenvalue weighted by molar-refractivity contribution is 7.97. The first-order valence-corrected chi connectivity index (χ1v) is 10.5. The Kier molecular flexibility index (Phi) is 8.68. The maximum atomic E-state index is 12.3.